The fraction of sp³-hybridized carbons (Fsp3) is 0.333. The van der Waals surface area contributed by atoms with Crippen molar-refractivity contribution in [2.24, 2.45) is 0 Å². The van der Waals surface area contributed by atoms with Crippen LogP contribution in [0.5, 0.6) is 11.5 Å². The molecule has 0 saturated carbocycles. The molecule has 0 fully saturated rings. The molecule has 2 rings (SSSR count). The average molecular weight is 320 g/mol. The van der Waals surface area contributed by atoms with Gasteiger partial charge in [-0.2, -0.15) is 0 Å². The van der Waals surface area contributed by atoms with E-state index in [0.717, 1.165) is 24.3 Å². The van der Waals surface area contributed by atoms with Gasteiger partial charge in [0.05, 0.1) is 23.9 Å². The van der Waals surface area contributed by atoms with Crippen LogP contribution in [0.3, 0.4) is 0 Å². The van der Waals surface area contributed by atoms with Gasteiger partial charge in [-0.05, 0) is 62.1 Å². The van der Waals surface area contributed by atoms with E-state index >= 15 is 0 Å². The van der Waals surface area contributed by atoms with Crippen molar-refractivity contribution in [2.45, 2.75) is 26.7 Å². The maximum atomic E-state index is 5.87. The summed E-state index contributed by atoms with van der Waals surface area (Å²) < 4.78 is 11.4. The molecule has 0 bridgehead atoms. The van der Waals surface area contributed by atoms with E-state index in [1.165, 1.54) is 11.1 Å². The first-order valence-corrected chi connectivity index (χ1v) is 7.82. The molecule has 118 valence electrons. The van der Waals surface area contributed by atoms with Crippen LogP contribution in [0.4, 0.5) is 5.69 Å². The van der Waals surface area contributed by atoms with Crippen molar-refractivity contribution < 1.29 is 9.47 Å². The third-order valence-corrected chi connectivity index (χ3v) is 3.87. The Labute approximate surface area is 137 Å². The fourth-order valence-corrected chi connectivity index (χ4v) is 2.12. The van der Waals surface area contributed by atoms with E-state index in [0.29, 0.717) is 23.9 Å². The van der Waals surface area contributed by atoms with E-state index in [1.807, 2.05) is 12.1 Å². The summed E-state index contributed by atoms with van der Waals surface area (Å²) in [6.07, 6.45) is 1.86. The van der Waals surface area contributed by atoms with Gasteiger partial charge in [-0.1, -0.05) is 17.7 Å². The van der Waals surface area contributed by atoms with Crippen LogP contribution in [0.2, 0.25) is 5.02 Å². The predicted molar refractivity (Wildman–Crippen MR) is 92.0 cm³/mol. The SMILES string of the molecule is Cc1ccc(OCCCCOc2ccc(Cl)c(N)c2)cc1C. The molecular formula is C18H22ClNO2. The van der Waals surface area contributed by atoms with E-state index in [1.54, 1.807) is 12.1 Å². The first kappa shape index (κ1) is 16.5. The second kappa shape index (κ2) is 7.95. The maximum Gasteiger partial charge on any atom is 0.121 e. The number of rotatable bonds is 7. The lowest BCUT2D eigenvalue weighted by Gasteiger charge is -2.09. The van der Waals surface area contributed by atoms with Crippen molar-refractivity contribution in [1.29, 1.82) is 0 Å². The summed E-state index contributed by atoms with van der Waals surface area (Å²) in [4.78, 5) is 0. The highest BCUT2D eigenvalue weighted by Gasteiger charge is 2.00. The fourth-order valence-electron chi connectivity index (χ4n) is 2.00. The molecular weight excluding hydrogens is 298 g/mol. The van der Waals surface area contributed by atoms with E-state index < -0.39 is 0 Å². The number of hydrogen-bond donors (Lipinski definition) is 1. The normalized spacial score (nSPS) is 10.5. The minimum Gasteiger partial charge on any atom is -0.494 e. The number of hydrogen-bond acceptors (Lipinski definition) is 3. The topological polar surface area (TPSA) is 44.5 Å². The Bertz CT molecular complexity index is 573. The van der Waals surface area contributed by atoms with Crippen LogP contribution in [0, 0.1) is 13.8 Å². The van der Waals surface area contributed by atoms with Crippen LogP contribution >= 0.6 is 11.6 Å². The minimum atomic E-state index is 0.539. The highest BCUT2D eigenvalue weighted by molar-refractivity contribution is 6.33. The van der Waals surface area contributed by atoms with Crippen LogP contribution in [0.1, 0.15) is 24.0 Å². The molecule has 0 heterocycles. The van der Waals surface area contributed by atoms with Crippen LogP contribution in [-0.4, -0.2) is 13.2 Å². The monoisotopic (exact) mass is 319 g/mol. The van der Waals surface area contributed by atoms with Crippen molar-refractivity contribution >= 4 is 17.3 Å². The third kappa shape index (κ3) is 4.85. The number of ether oxygens (including phenoxy) is 2. The minimum absolute atomic E-state index is 0.539. The maximum absolute atomic E-state index is 5.87. The van der Waals surface area contributed by atoms with Gasteiger partial charge in [-0.25, -0.2) is 0 Å². The van der Waals surface area contributed by atoms with Gasteiger partial charge in [-0.3, -0.25) is 0 Å². The van der Waals surface area contributed by atoms with Crippen LogP contribution < -0.4 is 15.2 Å². The average Bonchev–Trinajstić information content (AvgIpc) is 2.50. The molecule has 0 atom stereocenters. The number of benzene rings is 2. The lowest BCUT2D eigenvalue weighted by molar-refractivity contribution is 0.266. The van der Waals surface area contributed by atoms with Crippen molar-refractivity contribution in [3.63, 3.8) is 0 Å². The third-order valence-electron chi connectivity index (χ3n) is 3.52. The number of aryl methyl sites for hydroxylation is 2. The molecule has 0 radical (unpaired) electrons. The van der Waals surface area contributed by atoms with Gasteiger partial charge in [-0.15, -0.1) is 0 Å². The molecule has 0 aromatic heterocycles. The zero-order valence-corrected chi connectivity index (χ0v) is 13.8. The first-order chi connectivity index (χ1) is 10.6. The highest BCUT2D eigenvalue weighted by Crippen LogP contribution is 2.24. The Balaban J connectivity index is 1.65. The molecule has 0 saturated heterocycles. The summed E-state index contributed by atoms with van der Waals surface area (Å²) in [6, 6.07) is 11.5. The van der Waals surface area contributed by atoms with Gasteiger partial charge in [0.15, 0.2) is 0 Å². The molecule has 2 aromatic carbocycles. The highest BCUT2D eigenvalue weighted by atomic mass is 35.5. The molecule has 0 aliphatic rings. The molecule has 2 aromatic rings. The first-order valence-electron chi connectivity index (χ1n) is 7.44. The van der Waals surface area contributed by atoms with Gasteiger partial charge >= 0.3 is 0 Å². The van der Waals surface area contributed by atoms with Gasteiger partial charge in [0.25, 0.3) is 0 Å². The molecule has 0 unspecified atom stereocenters. The Kier molecular flexibility index (Phi) is 5.96. The molecule has 0 amide bonds. The quantitative estimate of drug-likeness (QED) is 0.590. The van der Waals surface area contributed by atoms with Crippen LogP contribution in [0.15, 0.2) is 36.4 Å². The van der Waals surface area contributed by atoms with Gasteiger partial charge < -0.3 is 15.2 Å². The van der Waals surface area contributed by atoms with Crippen molar-refractivity contribution in [1.82, 2.24) is 0 Å². The largest absolute Gasteiger partial charge is 0.494 e. The number of nitrogens with two attached hydrogens (primary N) is 1. The molecule has 0 spiro atoms. The van der Waals surface area contributed by atoms with Crippen LogP contribution in [0.25, 0.3) is 0 Å². The van der Waals surface area contributed by atoms with Gasteiger partial charge in [0.2, 0.25) is 0 Å². The van der Waals surface area contributed by atoms with E-state index in [4.69, 9.17) is 26.8 Å². The lowest BCUT2D eigenvalue weighted by atomic mass is 10.1. The predicted octanol–water partition coefficient (Wildman–Crippen LogP) is 4.78. The molecule has 3 nitrogen and oxygen atoms in total. The van der Waals surface area contributed by atoms with Crippen molar-refractivity contribution in [3.05, 3.63) is 52.5 Å². The summed E-state index contributed by atoms with van der Waals surface area (Å²) >= 11 is 5.87. The van der Waals surface area contributed by atoms with Gasteiger partial charge in [0, 0.05) is 6.07 Å². The molecule has 2 N–H and O–H groups in total. The van der Waals surface area contributed by atoms with E-state index in [-0.39, 0.29) is 0 Å². The Morgan fingerprint density at radius 1 is 0.864 bits per heavy atom. The number of halogens is 1. The zero-order chi connectivity index (χ0) is 15.9. The summed E-state index contributed by atoms with van der Waals surface area (Å²) in [6.45, 7) is 5.51. The standard InChI is InChI=1S/C18H22ClNO2/c1-13-5-6-15(11-14(13)2)21-9-3-4-10-22-16-7-8-17(19)18(20)12-16/h5-8,11-12H,3-4,9-10,20H2,1-2H3. The smallest absolute Gasteiger partial charge is 0.121 e. The molecule has 4 heteroatoms. The summed E-state index contributed by atoms with van der Waals surface area (Å²) in [5, 5.41) is 0.550. The van der Waals surface area contributed by atoms with Gasteiger partial charge in [0.1, 0.15) is 11.5 Å². The second-order valence-corrected chi connectivity index (χ2v) is 5.74. The second-order valence-electron chi connectivity index (χ2n) is 5.33. The summed E-state index contributed by atoms with van der Waals surface area (Å²) in [5.74, 6) is 1.67. The molecule has 0 aliphatic heterocycles. The zero-order valence-electron chi connectivity index (χ0n) is 13.1. The Hall–Kier alpha value is -1.87. The van der Waals surface area contributed by atoms with E-state index in [9.17, 15) is 0 Å². The summed E-state index contributed by atoms with van der Waals surface area (Å²) in [7, 11) is 0. The van der Waals surface area contributed by atoms with E-state index in [2.05, 4.69) is 26.0 Å². The van der Waals surface area contributed by atoms with Crippen molar-refractivity contribution in [3.8, 4) is 11.5 Å². The number of unbranched alkanes of at least 4 members (excludes halogenated alkanes) is 1. The summed E-state index contributed by atoms with van der Waals surface area (Å²) in [5.41, 5.74) is 8.80. The number of anilines is 1. The molecule has 0 aliphatic carbocycles. The number of nitrogen functional groups attached to an aromatic ring is 1. The molecule has 22 heavy (non-hydrogen) atoms. The Morgan fingerprint density at radius 2 is 1.45 bits per heavy atom. The van der Waals surface area contributed by atoms with Crippen LogP contribution in [-0.2, 0) is 0 Å². The Morgan fingerprint density at radius 3 is 2.05 bits per heavy atom. The van der Waals surface area contributed by atoms with Crippen molar-refractivity contribution in [2.75, 3.05) is 18.9 Å². The lowest BCUT2D eigenvalue weighted by Crippen LogP contribution is -2.03.